The molecule has 1 heterocycles. The lowest BCUT2D eigenvalue weighted by Gasteiger charge is -2.33. The number of fused-ring (bicyclic) bond motifs is 1. The molecule has 5 nitrogen and oxygen atoms in total. The molecule has 3 rings (SSSR count). The standard InChI is InChI=1S/C24H31N3O2/c1-16-12-17(2)23(18(3)13-16)25-22(28)15-26(5)19(4)24(29)27-11-10-20-8-6-7-9-21(20)14-27/h6-9,12-13,19H,10-11,14-15H2,1-5H3,(H,25,28)/t19-/m0/s1. The molecule has 0 unspecified atom stereocenters. The molecular formula is C24H31N3O2. The molecule has 1 aliphatic rings. The fourth-order valence-electron chi connectivity index (χ4n) is 4.06. The summed E-state index contributed by atoms with van der Waals surface area (Å²) in [6.07, 6.45) is 0.880. The van der Waals surface area contributed by atoms with Gasteiger partial charge in [-0.05, 0) is 63.4 Å². The zero-order chi connectivity index (χ0) is 21.1. The van der Waals surface area contributed by atoms with Gasteiger partial charge in [-0.25, -0.2) is 0 Å². The summed E-state index contributed by atoms with van der Waals surface area (Å²) >= 11 is 0. The molecule has 5 heteroatoms. The molecule has 2 aromatic rings. The first kappa shape index (κ1) is 21.1. The van der Waals surface area contributed by atoms with E-state index in [1.165, 1.54) is 16.7 Å². The van der Waals surface area contributed by atoms with Crippen molar-refractivity contribution in [2.24, 2.45) is 0 Å². The van der Waals surface area contributed by atoms with E-state index in [2.05, 4.69) is 29.6 Å². The number of nitrogens with one attached hydrogen (secondary N) is 1. The lowest BCUT2D eigenvalue weighted by atomic mass is 9.99. The van der Waals surface area contributed by atoms with Gasteiger partial charge in [0.15, 0.2) is 0 Å². The van der Waals surface area contributed by atoms with Crippen molar-refractivity contribution in [1.82, 2.24) is 9.80 Å². The number of rotatable bonds is 5. The number of carbonyl (C=O) groups excluding carboxylic acids is 2. The fraction of sp³-hybridized carbons (Fsp3) is 0.417. The van der Waals surface area contributed by atoms with E-state index in [-0.39, 0.29) is 24.4 Å². The first-order valence-electron chi connectivity index (χ1n) is 10.2. The summed E-state index contributed by atoms with van der Waals surface area (Å²) in [5.41, 5.74) is 6.67. The highest BCUT2D eigenvalue weighted by Crippen LogP contribution is 2.22. The van der Waals surface area contributed by atoms with Crippen LogP contribution in [0.25, 0.3) is 0 Å². The average molecular weight is 394 g/mol. The average Bonchev–Trinajstić information content (AvgIpc) is 2.69. The van der Waals surface area contributed by atoms with E-state index >= 15 is 0 Å². The smallest absolute Gasteiger partial charge is 0.239 e. The molecule has 1 N–H and O–H groups in total. The summed E-state index contributed by atoms with van der Waals surface area (Å²) in [7, 11) is 1.83. The van der Waals surface area contributed by atoms with Gasteiger partial charge < -0.3 is 10.2 Å². The molecule has 29 heavy (non-hydrogen) atoms. The summed E-state index contributed by atoms with van der Waals surface area (Å²) in [6.45, 7) is 9.46. The van der Waals surface area contributed by atoms with Gasteiger partial charge in [0.25, 0.3) is 0 Å². The monoisotopic (exact) mass is 393 g/mol. The van der Waals surface area contributed by atoms with E-state index in [1.54, 1.807) is 0 Å². The Morgan fingerprint density at radius 3 is 2.38 bits per heavy atom. The molecule has 0 aromatic heterocycles. The van der Waals surface area contributed by atoms with Gasteiger partial charge in [0, 0.05) is 18.8 Å². The number of amides is 2. The van der Waals surface area contributed by atoms with Crippen molar-refractivity contribution in [3.05, 3.63) is 64.2 Å². The van der Waals surface area contributed by atoms with Crippen molar-refractivity contribution in [2.45, 2.75) is 46.7 Å². The highest BCUT2D eigenvalue weighted by atomic mass is 16.2. The number of likely N-dealkylation sites (N-methyl/N-ethyl adjacent to an activating group) is 1. The first-order chi connectivity index (χ1) is 13.8. The second kappa shape index (κ2) is 8.78. The summed E-state index contributed by atoms with van der Waals surface area (Å²) in [4.78, 5) is 29.3. The van der Waals surface area contributed by atoms with Gasteiger partial charge in [-0.2, -0.15) is 0 Å². The van der Waals surface area contributed by atoms with Crippen LogP contribution in [0.3, 0.4) is 0 Å². The summed E-state index contributed by atoms with van der Waals surface area (Å²) < 4.78 is 0. The highest BCUT2D eigenvalue weighted by Gasteiger charge is 2.27. The Labute approximate surface area is 173 Å². The van der Waals surface area contributed by atoms with Crippen LogP contribution in [0.1, 0.15) is 34.7 Å². The molecule has 154 valence electrons. The molecule has 0 radical (unpaired) electrons. The van der Waals surface area contributed by atoms with Gasteiger partial charge in [0.1, 0.15) is 0 Å². The lowest BCUT2D eigenvalue weighted by Crippen LogP contribution is -2.49. The molecule has 0 aliphatic carbocycles. The fourth-order valence-corrected chi connectivity index (χ4v) is 4.06. The largest absolute Gasteiger partial charge is 0.337 e. The van der Waals surface area contributed by atoms with Crippen molar-refractivity contribution in [3.8, 4) is 0 Å². The molecule has 1 atom stereocenters. The minimum Gasteiger partial charge on any atom is -0.337 e. The van der Waals surface area contributed by atoms with Crippen molar-refractivity contribution < 1.29 is 9.59 Å². The quantitative estimate of drug-likeness (QED) is 0.846. The zero-order valence-electron chi connectivity index (χ0n) is 18.1. The van der Waals surface area contributed by atoms with Crippen molar-refractivity contribution >= 4 is 17.5 Å². The topological polar surface area (TPSA) is 52.7 Å². The Morgan fingerprint density at radius 2 is 1.72 bits per heavy atom. The van der Waals surface area contributed by atoms with Gasteiger partial charge in [-0.1, -0.05) is 42.0 Å². The number of nitrogens with zero attached hydrogens (tertiary/aromatic N) is 2. The third kappa shape index (κ3) is 4.85. The summed E-state index contributed by atoms with van der Waals surface area (Å²) in [5.74, 6) is -0.0382. The maximum Gasteiger partial charge on any atom is 0.239 e. The lowest BCUT2D eigenvalue weighted by molar-refractivity contribution is -0.137. The van der Waals surface area contributed by atoms with E-state index in [1.807, 2.05) is 56.7 Å². The Balaban J connectivity index is 1.59. The Kier molecular flexibility index (Phi) is 6.38. The minimum absolute atomic E-state index is 0.0671. The van der Waals surface area contributed by atoms with Crippen LogP contribution in [-0.4, -0.2) is 47.8 Å². The molecule has 0 bridgehead atoms. The SMILES string of the molecule is Cc1cc(C)c(NC(=O)CN(C)[C@@H](C)C(=O)N2CCc3ccccc3C2)c(C)c1. The van der Waals surface area contributed by atoms with E-state index in [0.717, 1.165) is 29.8 Å². The third-order valence-corrected chi connectivity index (χ3v) is 5.80. The number of carbonyl (C=O) groups is 2. The Hall–Kier alpha value is -2.66. The van der Waals surface area contributed by atoms with Crippen molar-refractivity contribution in [1.29, 1.82) is 0 Å². The number of hydrogen-bond acceptors (Lipinski definition) is 3. The van der Waals surface area contributed by atoms with Crippen LogP contribution in [0.2, 0.25) is 0 Å². The number of anilines is 1. The number of aryl methyl sites for hydroxylation is 3. The summed E-state index contributed by atoms with van der Waals surface area (Å²) in [6, 6.07) is 12.0. The van der Waals surface area contributed by atoms with Crippen LogP contribution >= 0.6 is 0 Å². The third-order valence-electron chi connectivity index (χ3n) is 5.80. The highest BCUT2D eigenvalue weighted by molar-refractivity contribution is 5.94. The van der Waals surface area contributed by atoms with E-state index in [4.69, 9.17) is 0 Å². The second-order valence-electron chi connectivity index (χ2n) is 8.19. The van der Waals surface area contributed by atoms with Gasteiger partial charge >= 0.3 is 0 Å². The normalized spacial score (nSPS) is 14.5. The Bertz CT molecular complexity index is 899. The first-order valence-corrected chi connectivity index (χ1v) is 10.2. The molecule has 1 aliphatic heterocycles. The van der Waals surface area contributed by atoms with Gasteiger partial charge in [-0.3, -0.25) is 14.5 Å². The molecule has 0 fully saturated rings. The predicted octanol–water partition coefficient (Wildman–Crippen LogP) is 3.46. The van der Waals surface area contributed by atoms with E-state index in [0.29, 0.717) is 6.54 Å². The second-order valence-corrected chi connectivity index (χ2v) is 8.19. The summed E-state index contributed by atoms with van der Waals surface area (Å²) in [5, 5.41) is 3.02. The van der Waals surface area contributed by atoms with Crippen LogP contribution in [0, 0.1) is 20.8 Å². The number of benzene rings is 2. The molecule has 0 spiro atoms. The number of hydrogen-bond donors (Lipinski definition) is 1. The maximum atomic E-state index is 13.0. The van der Waals surface area contributed by atoms with Gasteiger partial charge in [-0.15, -0.1) is 0 Å². The van der Waals surface area contributed by atoms with Crippen molar-refractivity contribution in [2.75, 3.05) is 25.5 Å². The van der Waals surface area contributed by atoms with E-state index in [9.17, 15) is 9.59 Å². The van der Waals surface area contributed by atoms with Gasteiger partial charge in [0.2, 0.25) is 11.8 Å². The van der Waals surface area contributed by atoms with Crippen molar-refractivity contribution in [3.63, 3.8) is 0 Å². The maximum absolute atomic E-state index is 13.0. The molecule has 2 aromatic carbocycles. The molecular weight excluding hydrogens is 362 g/mol. The molecule has 2 amide bonds. The zero-order valence-corrected chi connectivity index (χ0v) is 18.1. The van der Waals surface area contributed by atoms with E-state index < -0.39 is 0 Å². The van der Waals surface area contributed by atoms with Crippen LogP contribution in [-0.2, 0) is 22.6 Å². The molecule has 0 saturated carbocycles. The molecule has 0 saturated heterocycles. The minimum atomic E-state index is -0.355. The Morgan fingerprint density at radius 1 is 1.10 bits per heavy atom. The van der Waals surface area contributed by atoms with Crippen LogP contribution < -0.4 is 5.32 Å². The van der Waals surface area contributed by atoms with Crippen LogP contribution in [0.4, 0.5) is 5.69 Å². The van der Waals surface area contributed by atoms with Gasteiger partial charge in [0.05, 0.1) is 12.6 Å². The van der Waals surface area contributed by atoms with Crippen LogP contribution in [0.15, 0.2) is 36.4 Å². The predicted molar refractivity (Wildman–Crippen MR) is 117 cm³/mol. The van der Waals surface area contributed by atoms with Crippen LogP contribution in [0.5, 0.6) is 0 Å².